The fraction of sp³-hybridized carbons (Fsp3) is 0.470. The van der Waals surface area contributed by atoms with Crippen molar-refractivity contribution in [2.45, 2.75) is 146 Å². The molecule has 0 aliphatic carbocycles. The van der Waals surface area contributed by atoms with E-state index in [0.717, 1.165) is 4.57 Å². The summed E-state index contributed by atoms with van der Waals surface area (Å²) in [6.45, 7) is 6.62. The second kappa shape index (κ2) is 34.0. The van der Waals surface area contributed by atoms with Gasteiger partial charge < -0.3 is 48.9 Å². The molecule has 6 N–H and O–H groups in total. The fourth-order valence-corrected chi connectivity index (χ4v) is 16.9. The molecule has 3 aliphatic heterocycles. The van der Waals surface area contributed by atoms with E-state index in [-0.39, 0.29) is 92.3 Å². The second-order valence-corrected chi connectivity index (χ2v) is 29.3. The Kier molecular flexibility index (Phi) is 25.0. The minimum Gasteiger partial charge on any atom is -0.497 e. The molecule has 5 aromatic heterocycles. The predicted octanol–water partition coefficient (Wildman–Crippen LogP) is 8.41. The maximum absolute atomic E-state index is 15.8. The first-order chi connectivity index (χ1) is 50.1. The molecular weight excluding hydrogens is 1410 g/mol. The standard InChI is InChI=1S/C66H79N16O19P3/c1-40(2)82(41(3)4)102(91-27-11-24-67)99-48-30-55(80-38-74-57-59(70)72-37-73-60(57)80)97-52(48)35-94-103(86,92-28-12-25-68)101-50-31-54(79-33-42(5)62(83)78-65(79)85)98-53(50)36-95-104(87,93-29-13-26-69)100-49-32-56(81-39-75-58-61(81)76-64(71)77-63(58)84)96-51(49)34-90-66(43-14-9-8-10-15-43,44-16-20-46(88-6)21-17-44)45-18-22-47(89-7)23-19-45/h8-10,14-23,33,37-41,48-56H,11-13,27-32,34-36H2,1-7H3,(H2,70,72,73)(H,78,83,85)(H3,71,76,77,84)/t48-,49-,50-,51+,52+,53+,54+,55+,56+,102?,103?,104?/m0/s1. The largest absolute Gasteiger partial charge is 0.497 e. The number of nitrogens with two attached hydrogens (primary N) is 2. The van der Waals surface area contributed by atoms with Crippen molar-refractivity contribution in [1.82, 2.24) is 53.3 Å². The highest BCUT2D eigenvalue weighted by Gasteiger charge is 2.50. The molecule has 11 rings (SSSR count). The van der Waals surface area contributed by atoms with E-state index in [4.69, 9.17) is 76.1 Å². The van der Waals surface area contributed by atoms with E-state index in [1.807, 2.05) is 99.1 Å². The lowest BCUT2D eigenvalue weighted by molar-refractivity contribution is -0.0949. The normalized spacial score (nSPS) is 22.0. The highest BCUT2D eigenvalue weighted by atomic mass is 31.2. The van der Waals surface area contributed by atoms with Gasteiger partial charge in [-0.1, -0.05) is 54.6 Å². The van der Waals surface area contributed by atoms with Gasteiger partial charge in [0.25, 0.3) is 19.6 Å². The number of nitriles is 3. The van der Waals surface area contributed by atoms with Crippen molar-refractivity contribution >= 4 is 58.3 Å². The third-order valence-corrected chi connectivity index (χ3v) is 22.4. The summed E-state index contributed by atoms with van der Waals surface area (Å²) in [5.74, 6) is 1.03. The molecule has 3 aliphatic rings. The van der Waals surface area contributed by atoms with E-state index in [1.165, 1.54) is 36.7 Å². The molecule has 3 unspecified atom stereocenters. The molecule has 0 spiro atoms. The Hall–Kier alpha value is -8.72. The van der Waals surface area contributed by atoms with Gasteiger partial charge in [0.2, 0.25) is 5.95 Å². The average molecular weight is 1490 g/mol. The van der Waals surface area contributed by atoms with Crippen LogP contribution in [0.1, 0.15) is 107 Å². The summed E-state index contributed by atoms with van der Waals surface area (Å²) in [7, 11) is -8.92. The summed E-state index contributed by atoms with van der Waals surface area (Å²) in [6, 6.07) is 29.7. The van der Waals surface area contributed by atoms with Gasteiger partial charge in [0.1, 0.15) is 78.1 Å². The quantitative estimate of drug-likeness (QED) is 0.0164. The molecule has 552 valence electrons. The number of imidazole rings is 2. The van der Waals surface area contributed by atoms with Crippen LogP contribution in [0.4, 0.5) is 11.8 Å². The number of nitrogen functional groups attached to an aromatic ring is 2. The van der Waals surface area contributed by atoms with Gasteiger partial charge in [-0.25, -0.2) is 38.5 Å². The lowest BCUT2D eigenvalue weighted by Gasteiger charge is -2.37. The van der Waals surface area contributed by atoms with Crippen molar-refractivity contribution in [3.8, 4) is 29.7 Å². The van der Waals surface area contributed by atoms with Crippen molar-refractivity contribution < 1.29 is 73.7 Å². The zero-order valence-corrected chi connectivity index (χ0v) is 60.5. The van der Waals surface area contributed by atoms with Crippen LogP contribution < -0.4 is 37.7 Å². The van der Waals surface area contributed by atoms with Gasteiger partial charge in [-0.2, -0.15) is 20.8 Å². The monoisotopic (exact) mass is 1490 g/mol. The molecule has 3 saturated heterocycles. The van der Waals surface area contributed by atoms with E-state index < -0.39 is 128 Å². The van der Waals surface area contributed by atoms with Crippen LogP contribution in [0.25, 0.3) is 22.3 Å². The van der Waals surface area contributed by atoms with Crippen LogP contribution in [0, 0.1) is 40.9 Å². The Morgan fingerprint density at radius 2 is 1.12 bits per heavy atom. The van der Waals surface area contributed by atoms with Crippen LogP contribution in [0.15, 0.2) is 118 Å². The maximum Gasteiger partial charge on any atom is 0.475 e. The van der Waals surface area contributed by atoms with Crippen LogP contribution in [0.2, 0.25) is 0 Å². The van der Waals surface area contributed by atoms with Crippen molar-refractivity contribution in [3.63, 3.8) is 0 Å². The summed E-state index contributed by atoms with van der Waals surface area (Å²) in [5, 5.41) is 29.1. The molecule has 0 radical (unpaired) electrons. The van der Waals surface area contributed by atoms with Crippen molar-refractivity contribution in [3.05, 3.63) is 157 Å². The minimum atomic E-state index is -5.08. The Labute approximate surface area is 597 Å². The van der Waals surface area contributed by atoms with Gasteiger partial charge in [-0.15, -0.1) is 0 Å². The molecule has 3 aromatic carbocycles. The number of nitrogens with one attached hydrogen (secondary N) is 2. The molecule has 3 fully saturated rings. The molecular formula is C66H79N16O19P3. The number of benzene rings is 3. The number of anilines is 2. The smallest absolute Gasteiger partial charge is 0.475 e. The van der Waals surface area contributed by atoms with Gasteiger partial charge in [-0.05, 0) is 75.6 Å². The summed E-state index contributed by atoms with van der Waals surface area (Å²) >= 11 is 0. The van der Waals surface area contributed by atoms with Crippen LogP contribution >= 0.6 is 24.2 Å². The SMILES string of the molecule is COc1ccc(C(OC[C@H]2O[C@@H](n3cnc4c(=O)[nH]c(N)nc43)C[C@@H]2OP(=O)(OCCC#N)OC[C@H]2O[C@@H](n3cc(C)c(=O)[nH]c3=O)C[C@@H]2OP(=O)(OCCC#N)OC[C@H]2O[C@@H](n3cnc4c(N)ncnc43)C[C@@H]2OP(OCCC#N)N(C(C)C)C(C)C)(c2ccccc2)c2ccc(OC)cc2)cc1. The highest BCUT2D eigenvalue weighted by molar-refractivity contribution is 7.48. The van der Waals surface area contributed by atoms with Crippen LogP contribution in [0.5, 0.6) is 11.5 Å². The Morgan fingerprint density at radius 1 is 0.625 bits per heavy atom. The Morgan fingerprint density at radius 3 is 1.67 bits per heavy atom. The Balaban J connectivity index is 0.929. The van der Waals surface area contributed by atoms with Crippen molar-refractivity contribution in [2.24, 2.45) is 0 Å². The number of H-pyrrole nitrogens is 2. The van der Waals surface area contributed by atoms with Crippen molar-refractivity contribution in [2.75, 3.05) is 65.3 Å². The van der Waals surface area contributed by atoms with Crippen LogP contribution in [-0.2, 0) is 69.9 Å². The molecule has 0 saturated carbocycles. The number of aromatic amines is 2. The first-order valence-corrected chi connectivity index (χ1v) is 37.2. The van der Waals surface area contributed by atoms with Crippen LogP contribution in [-0.4, -0.2) is 156 Å². The number of fused-ring (bicyclic) bond motifs is 2. The molecule has 8 heterocycles. The highest BCUT2D eigenvalue weighted by Crippen LogP contribution is 2.58. The summed E-state index contributed by atoms with van der Waals surface area (Å²) in [6.07, 6.45) is -6.54. The number of phosphoric ester groups is 2. The number of ether oxygens (including phenoxy) is 6. The number of methoxy groups -OCH3 is 2. The van der Waals surface area contributed by atoms with Gasteiger partial charge in [0, 0.05) is 43.1 Å². The summed E-state index contributed by atoms with van der Waals surface area (Å²) in [4.78, 5) is 66.0. The first kappa shape index (κ1) is 76.4. The van der Waals surface area contributed by atoms with Gasteiger partial charge in [-0.3, -0.25) is 60.4 Å². The minimum absolute atomic E-state index is 0.0309. The zero-order valence-electron chi connectivity index (χ0n) is 57.8. The van der Waals surface area contributed by atoms with E-state index in [1.54, 1.807) is 43.1 Å². The lowest BCUT2D eigenvalue weighted by atomic mass is 9.80. The number of rotatable bonds is 35. The maximum atomic E-state index is 15.8. The lowest BCUT2D eigenvalue weighted by Crippen LogP contribution is -2.38. The van der Waals surface area contributed by atoms with Gasteiger partial charge in [0.05, 0.1) is 110 Å². The van der Waals surface area contributed by atoms with E-state index in [0.29, 0.717) is 39.4 Å². The van der Waals surface area contributed by atoms with Crippen molar-refractivity contribution in [1.29, 1.82) is 15.8 Å². The van der Waals surface area contributed by atoms with Gasteiger partial charge >= 0.3 is 21.3 Å². The third-order valence-electron chi connectivity index (χ3n) is 17.2. The van der Waals surface area contributed by atoms with E-state index >= 15 is 9.13 Å². The molecule has 104 heavy (non-hydrogen) atoms. The van der Waals surface area contributed by atoms with Crippen LogP contribution in [0.3, 0.4) is 0 Å². The number of aromatic nitrogens is 10. The molecule has 0 amide bonds. The van der Waals surface area contributed by atoms with E-state index in [2.05, 4.69) is 41.0 Å². The molecule has 38 heteroatoms. The van der Waals surface area contributed by atoms with Gasteiger partial charge in [0.15, 0.2) is 22.6 Å². The molecule has 12 atom stereocenters. The topological polar surface area (TPSA) is 452 Å². The molecule has 0 bridgehead atoms. The number of aryl methyl sites for hydroxylation is 1. The summed E-state index contributed by atoms with van der Waals surface area (Å²) < 4.78 is 127. The average Bonchev–Trinajstić information content (AvgIpc) is 1.24. The summed E-state index contributed by atoms with van der Waals surface area (Å²) in [5.41, 5.74) is 11.3. The second-order valence-electron chi connectivity index (χ2n) is 24.7. The third kappa shape index (κ3) is 17.3. The predicted molar refractivity (Wildman–Crippen MR) is 372 cm³/mol. The zero-order chi connectivity index (χ0) is 73.9. The molecule has 35 nitrogen and oxygen atoms in total. The first-order valence-electron chi connectivity index (χ1n) is 33.2. The number of nitrogens with zero attached hydrogens (tertiary/aromatic N) is 12. The fourth-order valence-electron chi connectivity index (χ4n) is 12.4. The number of hydrogen-bond acceptors (Lipinski definition) is 30. The number of phosphoric acid groups is 2. The molecule has 8 aromatic rings. The van der Waals surface area contributed by atoms with E-state index in [9.17, 15) is 30.2 Å². The number of hydrogen-bond donors (Lipinski definition) is 4. The Bertz CT molecular complexity index is 4620.